The van der Waals surface area contributed by atoms with E-state index >= 15 is 0 Å². The van der Waals surface area contributed by atoms with Gasteiger partial charge in [-0.1, -0.05) is 15.9 Å². The zero-order chi connectivity index (χ0) is 17.0. The number of carbonyl (C=O) groups excluding carboxylic acids is 1. The maximum absolute atomic E-state index is 13.8. The van der Waals surface area contributed by atoms with Crippen molar-refractivity contribution in [2.45, 2.75) is 25.9 Å². The third-order valence-electron chi connectivity index (χ3n) is 3.56. The maximum Gasteiger partial charge on any atom is 0.282 e. The van der Waals surface area contributed by atoms with E-state index in [1.165, 1.54) is 12.1 Å². The van der Waals surface area contributed by atoms with Crippen molar-refractivity contribution in [3.8, 4) is 0 Å². The molecule has 0 saturated carbocycles. The van der Waals surface area contributed by atoms with Gasteiger partial charge in [-0.3, -0.25) is 4.79 Å². The fourth-order valence-corrected chi connectivity index (χ4v) is 2.55. The molecule has 0 aliphatic rings. The number of benzene rings is 2. The summed E-state index contributed by atoms with van der Waals surface area (Å²) in [6.07, 6.45) is 0. The topological polar surface area (TPSA) is 45.7 Å². The van der Waals surface area contributed by atoms with Crippen molar-refractivity contribution in [3.05, 3.63) is 64.1 Å². The first-order valence-electron chi connectivity index (χ1n) is 7.23. The zero-order valence-corrected chi connectivity index (χ0v) is 14.4. The molecule has 1 amide bonds. The Morgan fingerprint density at radius 1 is 1.13 bits per heavy atom. The highest BCUT2D eigenvalue weighted by atomic mass is 79.9. The van der Waals surface area contributed by atoms with Gasteiger partial charge in [0.2, 0.25) is 0 Å². The van der Waals surface area contributed by atoms with Crippen LogP contribution in [0.2, 0.25) is 0 Å². The SMILES string of the molecule is C[C@@H]([NH2+][C@H](C)c1ccc(F)cc1F)C(=O)Nc1ccc(Br)cc1. The lowest BCUT2D eigenvalue weighted by Crippen LogP contribution is -2.91. The molecular formula is C17H18BrF2N2O+. The number of amides is 1. The molecule has 122 valence electrons. The summed E-state index contributed by atoms with van der Waals surface area (Å²) in [6.45, 7) is 3.52. The van der Waals surface area contributed by atoms with Crippen LogP contribution in [0.4, 0.5) is 14.5 Å². The van der Waals surface area contributed by atoms with Crippen LogP contribution in [0.1, 0.15) is 25.5 Å². The Morgan fingerprint density at radius 2 is 1.78 bits per heavy atom. The number of carbonyl (C=O) groups is 1. The summed E-state index contributed by atoms with van der Waals surface area (Å²) in [5.74, 6) is -1.39. The molecule has 0 fully saturated rings. The van der Waals surface area contributed by atoms with Crippen molar-refractivity contribution < 1.29 is 18.9 Å². The molecule has 23 heavy (non-hydrogen) atoms. The second-order valence-electron chi connectivity index (χ2n) is 5.43. The van der Waals surface area contributed by atoms with Crippen LogP contribution < -0.4 is 10.6 Å². The average Bonchev–Trinajstić information content (AvgIpc) is 2.49. The first-order chi connectivity index (χ1) is 10.9. The van der Waals surface area contributed by atoms with Crippen molar-refractivity contribution >= 4 is 27.5 Å². The van der Waals surface area contributed by atoms with Gasteiger partial charge < -0.3 is 10.6 Å². The smallest absolute Gasteiger partial charge is 0.282 e. The highest BCUT2D eigenvalue weighted by Gasteiger charge is 2.22. The summed E-state index contributed by atoms with van der Waals surface area (Å²) in [4.78, 5) is 12.2. The van der Waals surface area contributed by atoms with E-state index in [1.54, 1.807) is 31.3 Å². The van der Waals surface area contributed by atoms with E-state index < -0.39 is 17.7 Å². The fraction of sp³-hybridized carbons (Fsp3) is 0.235. The van der Waals surface area contributed by atoms with Crippen LogP contribution in [0.15, 0.2) is 46.9 Å². The van der Waals surface area contributed by atoms with Crippen LogP contribution in [0.25, 0.3) is 0 Å². The van der Waals surface area contributed by atoms with Gasteiger partial charge in [0.15, 0.2) is 6.04 Å². The lowest BCUT2D eigenvalue weighted by molar-refractivity contribution is -0.710. The molecule has 6 heteroatoms. The van der Waals surface area contributed by atoms with Crippen LogP contribution in [0.3, 0.4) is 0 Å². The Morgan fingerprint density at radius 3 is 2.39 bits per heavy atom. The van der Waals surface area contributed by atoms with Gasteiger partial charge >= 0.3 is 0 Å². The summed E-state index contributed by atoms with van der Waals surface area (Å²) >= 11 is 3.33. The fourth-order valence-electron chi connectivity index (χ4n) is 2.28. The largest absolute Gasteiger partial charge is 0.330 e. The molecule has 0 heterocycles. The number of anilines is 1. The van der Waals surface area contributed by atoms with Crippen molar-refractivity contribution in [1.82, 2.24) is 0 Å². The van der Waals surface area contributed by atoms with E-state index in [0.29, 0.717) is 11.3 Å². The second kappa shape index (κ2) is 7.66. The maximum atomic E-state index is 13.8. The van der Waals surface area contributed by atoms with Crippen molar-refractivity contribution in [2.75, 3.05) is 5.32 Å². The Hall–Kier alpha value is -1.79. The molecule has 0 bridgehead atoms. The number of hydrogen-bond acceptors (Lipinski definition) is 1. The molecule has 0 aromatic heterocycles. The first-order valence-corrected chi connectivity index (χ1v) is 8.02. The van der Waals surface area contributed by atoms with Crippen molar-refractivity contribution in [1.29, 1.82) is 0 Å². The predicted molar refractivity (Wildman–Crippen MR) is 88.9 cm³/mol. The molecule has 2 aromatic carbocycles. The van der Waals surface area contributed by atoms with Crippen LogP contribution in [0.5, 0.6) is 0 Å². The molecule has 0 aliphatic heterocycles. The molecule has 3 nitrogen and oxygen atoms in total. The molecule has 0 aliphatic carbocycles. The molecule has 2 atom stereocenters. The molecule has 0 spiro atoms. The lowest BCUT2D eigenvalue weighted by Gasteiger charge is -2.17. The minimum absolute atomic E-state index is 0.179. The Labute approximate surface area is 142 Å². The normalized spacial score (nSPS) is 13.4. The van der Waals surface area contributed by atoms with E-state index in [0.717, 1.165) is 10.5 Å². The van der Waals surface area contributed by atoms with Crippen molar-refractivity contribution in [2.24, 2.45) is 0 Å². The lowest BCUT2D eigenvalue weighted by atomic mass is 10.1. The Balaban J connectivity index is 1.98. The van der Waals surface area contributed by atoms with Crippen LogP contribution >= 0.6 is 15.9 Å². The molecule has 2 aromatic rings. The standard InChI is InChI=1S/C17H17BrF2N2O/c1-10(15-8-5-13(19)9-16(15)20)21-11(2)17(23)22-14-6-3-12(18)4-7-14/h3-11,21H,1-2H3,(H,22,23)/p+1/t10-,11-/m1/s1. The quantitative estimate of drug-likeness (QED) is 0.816. The van der Waals surface area contributed by atoms with E-state index in [9.17, 15) is 13.6 Å². The average molecular weight is 384 g/mol. The molecule has 0 saturated heterocycles. The number of nitrogens with one attached hydrogen (secondary N) is 1. The second-order valence-corrected chi connectivity index (χ2v) is 6.35. The van der Waals surface area contributed by atoms with Crippen LogP contribution in [0, 0.1) is 11.6 Å². The summed E-state index contributed by atoms with van der Waals surface area (Å²) in [6, 6.07) is 10.0. The minimum Gasteiger partial charge on any atom is -0.330 e. The number of halogens is 3. The predicted octanol–water partition coefficient (Wildman–Crippen LogP) is 3.38. The van der Waals surface area contributed by atoms with Gasteiger partial charge in [0, 0.05) is 21.8 Å². The Kier molecular flexibility index (Phi) is 5.85. The van der Waals surface area contributed by atoms with Crippen LogP contribution in [-0.4, -0.2) is 11.9 Å². The first kappa shape index (κ1) is 17.6. The van der Waals surface area contributed by atoms with E-state index in [2.05, 4.69) is 21.2 Å². The molecular weight excluding hydrogens is 366 g/mol. The third kappa shape index (κ3) is 4.84. The van der Waals surface area contributed by atoms with E-state index in [1.807, 2.05) is 12.1 Å². The van der Waals surface area contributed by atoms with E-state index in [4.69, 9.17) is 0 Å². The highest BCUT2D eigenvalue weighted by molar-refractivity contribution is 9.10. The third-order valence-corrected chi connectivity index (χ3v) is 4.08. The monoisotopic (exact) mass is 383 g/mol. The summed E-state index contributed by atoms with van der Waals surface area (Å²) in [5.41, 5.74) is 1.06. The number of nitrogens with two attached hydrogens (primary N) is 1. The Bertz CT molecular complexity index is 691. The van der Waals surface area contributed by atoms with Crippen molar-refractivity contribution in [3.63, 3.8) is 0 Å². The van der Waals surface area contributed by atoms with Gasteiger partial charge in [0.1, 0.15) is 17.7 Å². The summed E-state index contributed by atoms with van der Waals surface area (Å²) in [5, 5.41) is 4.55. The molecule has 3 N–H and O–H groups in total. The number of rotatable bonds is 5. The number of hydrogen-bond donors (Lipinski definition) is 2. The number of quaternary nitrogens is 1. The summed E-state index contributed by atoms with van der Waals surface area (Å²) in [7, 11) is 0. The summed E-state index contributed by atoms with van der Waals surface area (Å²) < 4.78 is 27.7. The van der Waals surface area contributed by atoms with Gasteiger partial charge in [-0.05, 0) is 50.2 Å². The van der Waals surface area contributed by atoms with Gasteiger partial charge in [-0.25, -0.2) is 8.78 Å². The van der Waals surface area contributed by atoms with Crippen LogP contribution in [-0.2, 0) is 4.79 Å². The molecule has 0 unspecified atom stereocenters. The van der Waals surface area contributed by atoms with Gasteiger partial charge in [0.25, 0.3) is 5.91 Å². The van der Waals surface area contributed by atoms with Gasteiger partial charge in [0.05, 0.1) is 0 Å². The minimum atomic E-state index is -0.612. The molecule has 0 radical (unpaired) electrons. The van der Waals surface area contributed by atoms with Gasteiger partial charge in [-0.15, -0.1) is 0 Å². The molecule has 2 rings (SSSR count). The highest BCUT2D eigenvalue weighted by Crippen LogP contribution is 2.16. The van der Waals surface area contributed by atoms with Gasteiger partial charge in [-0.2, -0.15) is 0 Å². The zero-order valence-electron chi connectivity index (χ0n) is 12.8. The van der Waals surface area contributed by atoms with E-state index in [-0.39, 0.29) is 11.9 Å².